The number of pyridine rings is 1. The maximum atomic E-state index is 12.9. The number of aromatic nitrogens is 5. The molecule has 0 aliphatic carbocycles. The van der Waals surface area contributed by atoms with Gasteiger partial charge in [0.15, 0.2) is 5.82 Å². The van der Waals surface area contributed by atoms with Crippen LogP contribution in [0.4, 0.5) is 30.6 Å². The number of nitrogens with zero attached hydrogens (tertiary/aromatic N) is 6. The third-order valence-electron chi connectivity index (χ3n) is 5.88. The summed E-state index contributed by atoms with van der Waals surface area (Å²) in [5.74, 6) is 0.722. The van der Waals surface area contributed by atoms with E-state index in [2.05, 4.69) is 30.7 Å². The van der Waals surface area contributed by atoms with Crippen molar-refractivity contribution in [3.05, 3.63) is 53.2 Å². The van der Waals surface area contributed by atoms with E-state index >= 15 is 0 Å². The monoisotopic (exact) mass is 490 g/mol. The number of aryl methyl sites for hydroxylation is 1. The third kappa shape index (κ3) is 4.90. The van der Waals surface area contributed by atoms with Crippen molar-refractivity contribution in [2.75, 3.05) is 36.3 Å². The van der Waals surface area contributed by atoms with Gasteiger partial charge in [-0.1, -0.05) is 0 Å². The first-order chi connectivity index (χ1) is 16.5. The molecule has 3 aromatic heterocycles. The second kappa shape index (κ2) is 9.13. The number of methoxy groups -OCH3 is 1. The Morgan fingerprint density at radius 2 is 2.03 bits per heavy atom. The van der Waals surface area contributed by atoms with Crippen LogP contribution in [0.25, 0.3) is 0 Å². The molecule has 1 atom stereocenters. The van der Waals surface area contributed by atoms with Crippen LogP contribution in [0.5, 0.6) is 0 Å². The molecule has 0 spiro atoms. The molecule has 1 aliphatic heterocycles. The summed E-state index contributed by atoms with van der Waals surface area (Å²) in [6, 6.07) is 2.53. The maximum absolute atomic E-state index is 12.9. The van der Waals surface area contributed by atoms with E-state index in [1.165, 1.54) is 13.2 Å². The minimum atomic E-state index is -4.50. The normalized spacial score (nSPS) is 17.8. The Hall–Kier alpha value is -3.74. The molecular formula is C22H25F3N8O2. The fourth-order valence-electron chi connectivity index (χ4n) is 3.78. The van der Waals surface area contributed by atoms with Crippen molar-refractivity contribution in [2.24, 2.45) is 0 Å². The molecule has 0 unspecified atom stereocenters. The van der Waals surface area contributed by atoms with E-state index < -0.39 is 17.4 Å². The van der Waals surface area contributed by atoms with Gasteiger partial charge in [-0.15, -0.1) is 0 Å². The quantitative estimate of drug-likeness (QED) is 0.520. The van der Waals surface area contributed by atoms with Crippen LogP contribution < -0.4 is 15.5 Å². The zero-order valence-electron chi connectivity index (χ0n) is 19.6. The van der Waals surface area contributed by atoms with Gasteiger partial charge in [0.1, 0.15) is 16.9 Å². The van der Waals surface area contributed by atoms with Crippen molar-refractivity contribution in [1.29, 1.82) is 0 Å². The Labute approximate surface area is 199 Å². The minimum absolute atomic E-state index is 0.169. The molecule has 0 bridgehead atoms. The molecule has 0 radical (unpaired) electrons. The number of alkyl halides is 3. The second-order valence-corrected chi connectivity index (χ2v) is 8.50. The smallest absolute Gasteiger partial charge is 0.382 e. The van der Waals surface area contributed by atoms with Gasteiger partial charge in [0, 0.05) is 38.7 Å². The largest absolute Gasteiger partial charge is 0.433 e. The first-order valence-electron chi connectivity index (χ1n) is 10.7. The number of carbonyl (C=O) groups excluding carboxylic acids is 1. The van der Waals surface area contributed by atoms with Gasteiger partial charge >= 0.3 is 6.18 Å². The molecule has 4 rings (SSSR count). The Bertz CT molecular complexity index is 1250. The number of rotatable bonds is 7. The number of likely N-dealkylation sites (N-methyl/N-ethyl adjacent to an activating group) is 1. The molecule has 186 valence electrons. The van der Waals surface area contributed by atoms with Gasteiger partial charge in [-0.3, -0.25) is 14.5 Å². The number of ether oxygens (including phenoxy) is 1. The van der Waals surface area contributed by atoms with Gasteiger partial charge in [0.25, 0.3) is 5.91 Å². The van der Waals surface area contributed by atoms with Gasteiger partial charge in [-0.05, 0) is 31.5 Å². The molecule has 1 amide bonds. The Morgan fingerprint density at radius 1 is 1.26 bits per heavy atom. The summed E-state index contributed by atoms with van der Waals surface area (Å²) in [5, 5.41) is 10.2. The average molecular weight is 490 g/mol. The summed E-state index contributed by atoms with van der Waals surface area (Å²) in [5.41, 5.74) is 0.505. The van der Waals surface area contributed by atoms with Crippen molar-refractivity contribution in [1.82, 2.24) is 24.7 Å². The van der Waals surface area contributed by atoms with Crippen LogP contribution in [0, 0.1) is 6.92 Å². The summed E-state index contributed by atoms with van der Waals surface area (Å²) >= 11 is 0. The number of hydrogen-bond donors (Lipinski definition) is 2. The summed E-state index contributed by atoms with van der Waals surface area (Å²) in [7, 11) is 3.31. The summed E-state index contributed by atoms with van der Waals surface area (Å²) in [6.07, 6.45) is -0.0167. The van der Waals surface area contributed by atoms with E-state index in [-0.39, 0.29) is 19.1 Å². The highest BCUT2D eigenvalue weighted by Gasteiger charge is 2.44. The van der Waals surface area contributed by atoms with E-state index in [1.807, 2.05) is 0 Å². The number of fused-ring (bicyclic) bond motifs is 1. The predicted octanol–water partition coefficient (Wildman–Crippen LogP) is 2.85. The molecule has 4 heterocycles. The van der Waals surface area contributed by atoms with E-state index in [4.69, 9.17) is 4.74 Å². The molecule has 13 heteroatoms. The van der Waals surface area contributed by atoms with Crippen LogP contribution in [0.1, 0.15) is 29.4 Å². The summed E-state index contributed by atoms with van der Waals surface area (Å²) in [4.78, 5) is 26.8. The molecule has 0 saturated heterocycles. The fourth-order valence-corrected chi connectivity index (χ4v) is 3.78. The van der Waals surface area contributed by atoms with Gasteiger partial charge in [0.2, 0.25) is 5.95 Å². The average Bonchev–Trinajstić information content (AvgIpc) is 3.24. The van der Waals surface area contributed by atoms with Crippen LogP contribution >= 0.6 is 0 Å². The lowest BCUT2D eigenvalue weighted by atomic mass is 9.97. The number of hydrogen-bond acceptors (Lipinski definition) is 8. The lowest BCUT2D eigenvalue weighted by molar-refractivity contribution is -0.141. The molecule has 0 fully saturated rings. The van der Waals surface area contributed by atoms with Crippen molar-refractivity contribution in [2.45, 2.75) is 38.7 Å². The van der Waals surface area contributed by atoms with Crippen molar-refractivity contribution in [3.8, 4) is 0 Å². The van der Waals surface area contributed by atoms with Gasteiger partial charge in [-0.25, -0.2) is 4.98 Å². The zero-order chi connectivity index (χ0) is 25.4. The molecular weight excluding hydrogens is 465 g/mol. The van der Waals surface area contributed by atoms with Gasteiger partial charge < -0.3 is 20.3 Å². The van der Waals surface area contributed by atoms with E-state index in [9.17, 15) is 18.0 Å². The molecule has 3 aromatic rings. The summed E-state index contributed by atoms with van der Waals surface area (Å²) in [6.45, 7) is 4.24. The number of carbonyl (C=O) groups is 1. The summed E-state index contributed by atoms with van der Waals surface area (Å²) < 4.78 is 45.5. The highest BCUT2D eigenvalue weighted by Crippen LogP contribution is 2.36. The van der Waals surface area contributed by atoms with Crippen LogP contribution in [0.15, 0.2) is 30.7 Å². The van der Waals surface area contributed by atoms with E-state index in [1.54, 1.807) is 42.9 Å². The molecule has 2 N–H and O–H groups in total. The topological polar surface area (TPSA) is 110 Å². The highest BCUT2D eigenvalue weighted by molar-refractivity contribution is 6.06. The number of nitrogens with one attached hydrogen (secondary N) is 2. The van der Waals surface area contributed by atoms with Gasteiger partial charge in [0.05, 0.1) is 25.0 Å². The van der Waals surface area contributed by atoms with Crippen LogP contribution in [-0.4, -0.2) is 56.9 Å². The number of halogens is 3. The number of anilines is 3. The predicted molar refractivity (Wildman–Crippen MR) is 122 cm³/mol. The zero-order valence-corrected chi connectivity index (χ0v) is 19.6. The minimum Gasteiger partial charge on any atom is -0.382 e. The van der Waals surface area contributed by atoms with Crippen LogP contribution in [0.3, 0.4) is 0 Å². The molecule has 35 heavy (non-hydrogen) atoms. The van der Waals surface area contributed by atoms with Crippen LogP contribution in [0.2, 0.25) is 0 Å². The fraction of sp³-hybridized carbons (Fsp3) is 0.409. The molecule has 1 aliphatic rings. The van der Waals surface area contributed by atoms with Crippen LogP contribution in [-0.2, 0) is 28.8 Å². The molecule has 0 saturated carbocycles. The molecule has 10 nitrogen and oxygen atoms in total. The Kier molecular flexibility index (Phi) is 6.36. The van der Waals surface area contributed by atoms with E-state index in [0.29, 0.717) is 35.3 Å². The highest BCUT2D eigenvalue weighted by atomic mass is 19.4. The van der Waals surface area contributed by atoms with E-state index in [0.717, 1.165) is 17.8 Å². The standard InChI is InChI=1S/C22H25F3N8O2/c1-13-17-18(32(3)21(2,12-35-4)19(34)30-17)31-20(29-13)27-8-15-9-28-33(11-15)10-14-5-6-26-16(7-14)22(23,24)25/h5-7,9,11H,8,10,12H2,1-4H3,(H,30,34)(H,27,29,31)/t21-/m0/s1. The third-order valence-corrected chi connectivity index (χ3v) is 5.88. The lowest BCUT2D eigenvalue weighted by Crippen LogP contribution is -2.59. The molecule has 0 aromatic carbocycles. The van der Waals surface area contributed by atoms with Crippen molar-refractivity contribution in [3.63, 3.8) is 0 Å². The SMILES string of the molecule is COC[C@@]1(C)C(=O)Nc2c(C)nc(NCc3cnn(Cc4ccnc(C(F)(F)F)c4)c3)nc2N1C. The number of amides is 1. The maximum Gasteiger partial charge on any atom is 0.433 e. The van der Waals surface area contributed by atoms with Gasteiger partial charge in [-0.2, -0.15) is 23.3 Å². The van der Waals surface area contributed by atoms with Crippen molar-refractivity contribution < 1.29 is 22.7 Å². The second-order valence-electron chi connectivity index (χ2n) is 8.50. The van der Waals surface area contributed by atoms with Crippen molar-refractivity contribution >= 4 is 23.4 Å². The lowest BCUT2D eigenvalue weighted by Gasteiger charge is -2.42. The Balaban J connectivity index is 1.47. The first kappa shape index (κ1) is 24.4. The first-order valence-corrected chi connectivity index (χ1v) is 10.7. The Morgan fingerprint density at radius 3 is 2.74 bits per heavy atom.